The first-order valence-corrected chi connectivity index (χ1v) is 15.5. The lowest BCUT2D eigenvalue weighted by Crippen LogP contribution is -2.40. The second kappa shape index (κ2) is 23.7. The van der Waals surface area contributed by atoms with E-state index < -0.39 is 7.82 Å². The minimum atomic E-state index is -4.09. The van der Waals surface area contributed by atoms with Gasteiger partial charge in [-0.05, 0) is 20.5 Å². The van der Waals surface area contributed by atoms with Gasteiger partial charge < -0.3 is 20.0 Å². The summed E-state index contributed by atoms with van der Waals surface area (Å²) in [7, 11) is 1.20. The Balaban J connectivity index is 3.73. The van der Waals surface area contributed by atoms with Crippen molar-refractivity contribution in [3.05, 3.63) is 0 Å². The van der Waals surface area contributed by atoms with Crippen LogP contribution in [0.25, 0.3) is 0 Å². The molecule has 0 aliphatic rings. The molecular weight excluding hydrogens is 465 g/mol. The lowest BCUT2D eigenvalue weighted by atomic mass is 10.0. The van der Waals surface area contributed by atoms with Gasteiger partial charge in [-0.15, -0.1) is 0 Å². The summed E-state index contributed by atoms with van der Waals surface area (Å²) < 4.78 is 21.9. The van der Waals surface area contributed by atoms with Gasteiger partial charge in [0.15, 0.2) is 0 Å². The van der Waals surface area contributed by atoms with Gasteiger partial charge >= 0.3 is 13.9 Å². The fraction of sp³-hybridized carbons (Fsp3) is 0.962. The minimum absolute atomic E-state index is 0.0397. The van der Waals surface area contributed by atoms with E-state index in [1.54, 1.807) is 11.9 Å². The number of nitrogens with one attached hydrogen (secondary N) is 1. The molecule has 0 aromatic rings. The number of phosphoric ester groups is 1. The largest absolute Gasteiger partial charge is 0.472 e. The second-order valence-electron chi connectivity index (χ2n) is 9.78. The summed E-state index contributed by atoms with van der Waals surface area (Å²) in [6, 6.07) is -0.198. The number of hydrogen-bond acceptors (Lipinski definition) is 5. The summed E-state index contributed by atoms with van der Waals surface area (Å²) in [5.41, 5.74) is 0. The molecule has 8 nitrogen and oxygen atoms in total. The van der Waals surface area contributed by atoms with Crippen LogP contribution in [0.2, 0.25) is 0 Å². The van der Waals surface area contributed by atoms with E-state index in [4.69, 9.17) is 9.05 Å². The molecular formula is C26H56N3O5P. The molecule has 0 saturated carbocycles. The third-order valence-electron chi connectivity index (χ3n) is 6.19. The quantitative estimate of drug-likeness (QED) is 0.104. The van der Waals surface area contributed by atoms with Gasteiger partial charge in [-0.25, -0.2) is 9.36 Å². The van der Waals surface area contributed by atoms with Crippen LogP contribution in [0.5, 0.6) is 0 Å². The van der Waals surface area contributed by atoms with Crippen molar-refractivity contribution >= 4 is 13.9 Å². The Bertz CT molecular complexity index is 537. The number of likely N-dealkylation sites (N-methyl/N-ethyl adjacent to an activating group) is 1. The Morgan fingerprint density at radius 3 is 1.51 bits per heavy atom. The molecule has 0 radical (unpaired) electrons. The highest BCUT2D eigenvalue weighted by molar-refractivity contribution is 7.47. The molecule has 210 valence electrons. The molecule has 0 aliphatic carbocycles. The van der Waals surface area contributed by atoms with Crippen molar-refractivity contribution in [2.75, 3.05) is 54.0 Å². The zero-order chi connectivity index (χ0) is 26.2. The van der Waals surface area contributed by atoms with Crippen LogP contribution in [-0.4, -0.2) is 74.7 Å². The van der Waals surface area contributed by atoms with Gasteiger partial charge in [0.1, 0.15) is 0 Å². The SMILES string of the molecule is CCCCCCCCCCCCCCCCCCN(CCOP(=O)(O)OCCN(C)C)C(=O)NC. The molecule has 0 bridgehead atoms. The van der Waals surface area contributed by atoms with E-state index in [2.05, 4.69) is 12.2 Å². The van der Waals surface area contributed by atoms with E-state index in [-0.39, 0.29) is 25.8 Å². The number of nitrogens with zero attached hydrogens (tertiary/aromatic N) is 2. The van der Waals surface area contributed by atoms with E-state index >= 15 is 0 Å². The van der Waals surface area contributed by atoms with E-state index in [0.29, 0.717) is 13.1 Å². The van der Waals surface area contributed by atoms with E-state index in [0.717, 1.165) is 12.8 Å². The first-order valence-electron chi connectivity index (χ1n) is 14.1. The van der Waals surface area contributed by atoms with Crippen molar-refractivity contribution in [1.29, 1.82) is 0 Å². The van der Waals surface area contributed by atoms with Crippen molar-refractivity contribution in [1.82, 2.24) is 15.1 Å². The maximum atomic E-state index is 12.1. The molecule has 2 N–H and O–H groups in total. The van der Waals surface area contributed by atoms with Crippen LogP contribution in [0.4, 0.5) is 4.79 Å². The van der Waals surface area contributed by atoms with Gasteiger partial charge in [-0.3, -0.25) is 9.05 Å². The van der Waals surface area contributed by atoms with E-state index in [9.17, 15) is 14.3 Å². The lowest BCUT2D eigenvalue weighted by molar-refractivity contribution is 0.127. The van der Waals surface area contributed by atoms with Gasteiger partial charge in [0.25, 0.3) is 0 Å². The van der Waals surface area contributed by atoms with Crippen LogP contribution < -0.4 is 5.32 Å². The number of carbonyl (C=O) groups excluding carboxylic acids is 1. The fourth-order valence-corrected chi connectivity index (χ4v) is 4.67. The summed E-state index contributed by atoms with van der Waals surface area (Å²) in [5, 5.41) is 2.63. The first-order chi connectivity index (χ1) is 16.8. The summed E-state index contributed by atoms with van der Waals surface area (Å²) in [5.74, 6) is 0. The highest BCUT2D eigenvalue weighted by atomic mass is 31.2. The van der Waals surface area contributed by atoms with Crippen molar-refractivity contribution in [2.24, 2.45) is 0 Å². The van der Waals surface area contributed by atoms with Crippen LogP contribution in [0.15, 0.2) is 0 Å². The third-order valence-corrected chi connectivity index (χ3v) is 7.21. The molecule has 0 heterocycles. The van der Waals surface area contributed by atoms with Gasteiger partial charge in [-0.1, -0.05) is 103 Å². The van der Waals surface area contributed by atoms with Gasteiger partial charge in [0.05, 0.1) is 13.2 Å². The molecule has 0 rings (SSSR count). The number of unbranched alkanes of at least 4 members (excludes halogenated alkanes) is 15. The summed E-state index contributed by atoms with van der Waals surface area (Å²) in [4.78, 5) is 25.3. The second-order valence-corrected chi connectivity index (χ2v) is 11.2. The smallest absolute Gasteiger partial charge is 0.341 e. The monoisotopic (exact) mass is 521 g/mol. The molecule has 1 unspecified atom stereocenters. The number of carbonyl (C=O) groups is 1. The summed E-state index contributed by atoms with van der Waals surface area (Å²) >= 11 is 0. The normalized spacial score (nSPS) is 13.2. The first kappa shape index (κ1) is 34.3. The van der Waals surface area contributed by atoms with Gasteiger partial charge in [0, 0.05) is 26.7 Å². The molecule has 0 saturated heterocycles. The standard InChI is InChI=1S/C26H56N3O5P/c1-5-6-7-8-9-10-11-12-13-14-15-16-17-18-19-20-21-29(26(30)27-2)23-25-34-35(31,32)33-24-22-28(3)4/h5-25H2,1-4H3,(H,27,30)(H,31,32). The lowest BCUT2D eigenvalue weighted by Gasteiger charge is -2.22. The van der Waals surface area contributed by atoms with E-state index in [1.807, 2.05) is 19.0 Å². The minimum Gasteiger partial charge on any atom is -0.341 e. The highest BCUT2D eigenvalue weighted by Gasteiger charge is 2.22. The number of rotatable bonds is 25. The van der Waals surface area contributed by atoms with Crippen LogP contribution >= 0.6 is 7.82 Å². The van der Waals surface area contributed by atoms with Crippen molar-refractivity contribution < 1.29 is 23.3 Å². The highest BCUT2D eigenvalue weighted by Crippen LogP contribution is 2.42. The molecule has 1 atom stereocenters. The average molecular weight is 522 g/mol. The van der Waals surface area contributed by atoms with Gasteiger partial charge in [-0.2, -0.15) is 0 Å². The van der Waals surface area contributed by atoms with Crippen molar-refractivity contribution in [3.8, 4) is 0 Å². The van der Waals surface area contributed by atoms with Crippen LogP contribution in [-0.2, 0) is 13.6 Å². The maximum Gasteiger partial charge on any atom is 0.472 e. The van der Waals surface area contributed by atoms with Crippen molar-refractivity contribution in [2.45, 2.75) is 110 Å². The predicted octanol–water partition coefficient (Wildman–Crippen LogP) is 6.58. The zero-order valence-electron chi connectivity index (χ0n) is 23.3. The Labute approximate surface area is 216 Å². The Kier molecular flexibility index (Phi) is 23.3. The van der Waals surface area contributed by atoms with Crippen molar-refractivity contribution in [3.63, 3.8) is 0 Å². The van der Waals surface area contributed by atoms with Crippen LogP contribution in [0, 0.1) is 0 Å². The summed E-state index contributed by atoms with van der Waals surface area (Å²) in [6.07, 6.45) is 20.9. The molecule has 0 spiro atoms. The molecule has 0 aliphatic heterocycles. The molecule has 0 fully saturated rings. The number of phosphoric acid groups is 1. The number of amides is 2. The number of hydrogen-bond donors (Lipinski definition) is 2. The predicted molar refractivity (Wildman–Crippen MR) is 146 cm³/mol. The topological polar surface area (TPSA) is 91.3 Å². The molecule has 9 heteroatoms. The fourth-order valence-electron chi connectivity index (χ4n) is 3.97. The number of urea groups is 1. The third kappa shape index (κ3) is 23.5. The Morgan fingerprint density at radius 2 is 1.11 bits per heavy atom. The van der Waals surface area contributed by atoms with Gasteiger partial charge in [0.2, 0.25) is 0 Å². The molecule has 35 heavy (non-hydrogen) atoms. The van der Waals surface area contributed by atoms with Crippen LogP contribution in [0.1, 0.15) is 110 Å². The Morgan fingerprint density at radius 1 is 0.714 bits per heavy atom. The zero-order valence-corrected chi connectivity index (χ0v) is 24.2. The molecule has 2 amide bonds. The van der Waals surface area contributed by atoms with Crippen LogP contribution in [0.3, 0.4) is 0 Å². The maximum absolute atomic E-state index is 12.1. The Hall–Kier alpha value is -0.660. The van der Waals surface area contributed by atoms with E-state index in [1.165, 1.54) is 89.9 Å². The molecule has 0 aromatic carbocycles. The molecule has 0 aromatic heterocycles. The average Bonchev–Trinajstić information content (AvgIpc) is 2.81. The summed E-state index contributed by atoms with van der Waals surface area (Å²) in [6.45, 7) is 3.72.